The van der Waals surface area contributed by atoms with Crippen LogP contribution in [0.4, 0.5) is 11.6 Å². The third-order valence-electron chi connectivity index (χ3n) is 7.33. The fourth-order valence-corrected chi connectivity index (χ4v) is 6.22. The van der Waals surface area contributed by atoms with Gasteiger partial charge in [0.2, 0.25) is 11.8 Å². The number of anilines is 2. The lowest BCUT2D eigenvalue weighted by Gasteiger charge is -2.37. The molecule has 3 aromatic heterocycles. The number of piperidine rings is 2. The van der Waals surface area contributed by atoms with Crippen molar-refractivity contribution in [2.75, 3.05) is 36.4 Å². The minimum Gasteiger partial charge on any atom is -0.356 e. The Hall–Kier alpha value is -3.07. The summed E-state index contributed by atoms with van der Waals surface area (Å²) in [5, 5.41) is 4.08. The zero-order valence-electron chi connectivity index (χ0n) is 20.6. The molecule has 2 saturated heterocycles. The fourth-order valence-electron chi connectivity index (χ4n) is 5.23. The third kappa shape index (κ3) is 4.87. The zero-order valence-corrected chi connectivity index (χ0v) is 21.4. The zero-order chi connectivity index (χ0) is 24.5. The normalized spacial score (nSPS) is 19.2. The molecule has 1 N–H and O–H groups in total. The van der Waals surface area contributed by atoms with Crippen molar-refractivity contribution < 1.29 is 9.59 Å². The quantitative estimate of drug-likeness (QED) is 0.590. The molecule has 0 spiro atoms. The van der Waals surface area contributed by atoms with Crippen molar-refractivity contribution in [2.24, 2.45) is 11.8 Å². The van der Waals surface area contributed by atoms with Crippen LogP contribution in [0.15, 0.2) is 24.5 Å². The molecule has 0 aromatic carbocycles. The minimum absolute atomic E-state index is 0.00543. The Kier molecular flexibility index (Phi) is 6.69. The van der Waals surface area contributed by atoms with Crippen LogP contribution in [-0.4, -0.2) is 57.8 Å². The second kappa shape index (κ2) is 9.89. The van der Waals surface area contributed by atoms with Crippen molar-refractivity contribution >= 4 is 45.0 Å². The molecule has 5 rings (SSSR count). The Bertz CT molecular complexity index is 1250. The van der Waals surface area contributed by atoms with E-state index in [9.17, 15) is 9.59 Å². The summed E-state index contributed by atoms with van der Waals surface area (Å²) in [6.45, 7) is 8.97. The van der Waals surface area contributed by atoms with Gasteiger partial charge in [-0.25, -0.2) is 15.0 Å². The molecule has 1 unspecified atom stereocenters. The van der Waals surface area contributed by atoms with Gasteiger partial charge in [0, 0.05) is 42.7 Å². The van der Waals surface area contributed by atoms with Crippen LogP contribution < -0.4 is 10.2 Å². The molecule has 2 aliphatic heterocycles. The molecular formula is C26H32N6O2S. The summed E-state index contributed by atoms with van der Waals surface area (Å²) in [6, 6.07) is 5.58. The highest BCUT2D eigenvalue weighted by Crippen LogP contribution is 2.36. The Labute approximate surface area is 209 Å². The SMILES string of the molecule is Cc1cccc(NC(=O)C2CCCN(C(=O)C3CCN(c4ncnc5sc(C)c(C)c45)CC3)C2)n1. The summed E-state index contributed by atoms with van der Waals surface area (Å²) in [4.78, 5) is 46.2. The average molecular weight is 493 g/mol. The largest absolute Gasteiger partial charge is 0.356 e. The Morgan fingerprint density at radius 2 is 1.83 bits per heavy atom. The molecule has 2 fully saturated rings. The number of hydrogen-bond acceptors (Lipinski definition) is 7. The molecule has 2 amide bonds. The summed E-state index contributed by atoms with van der Waals surface area (Å²) in [6.07, 6.45) is 4.89. The highest BCUT2D eigenvalue weighted by Gasteiger charge is 2.34. The van der Waals surface area contributed by atoms with Crippen LogP contribution in [-0.2, 0) is 9.59 Å². The lowest BCUT2D eigenvalue weighted by Crippen LogP contribution is -2.48. The molecule has 0 aliphatic carbocycles. The van der Waals surface area contributed by atoms with Gasteiger partial charge in [0.15, 0.2) is 0 Å². The van der Waals surface area contributed by atoms with E-state index in [0.29, 0.717) is 12.4 Å². The summed E-state index contributed by atoms with van der Waals surface area (Å²) in [7, 11) is 0. The molecule has 35 heavy (non-hydrogen) atoms. The lowest BCUT2D eigenvalue weighted by molar-refractivity contribution is -0.139. The number of aryl methyl sites for hydroxylation is 3. The summed E-state index contributed by atoms with van der Waals surface area (Å²) in [5.74, 6) is 1.49. The van der Waals surface area contributed by atoms with E-state index in [1.807, 2.05) is 24.0 Å². The number of carbonyl (C=O) groups is 2. The summed E-state index contributed by atoms with van der Waals surface area (Å²) < 4.78 is 0. The number of aromatic nitrogens is 3. The van der Waals surface area contributed by atoms with Gasteiger partial charge >= 0.3 is 0 Å². The average Bonchev–Trinajstić information content (AvgIpc) is 3.17. The number of nitrogens with one attached hydrogen (secondary N) is 1. The molecule has 3 aromatic rings. The molecule has 9 heteroatoms. The predicted octanol–water partition coefficient (Wildman–Crippen LogP) is 4.11. The molecule has 8 nitrogen and oxygen atoms in total. The maximum atomic E-state index is 13.4. The molecule has 184 valence electrons. The van der Waals surface area contributed by atoms with Crippen LogP contribution in [0, 0.1) is 32.6 Å². The van der Waals surface area contributed by atoms with Gasteiger partial charge in [-0.3, -0.25) is 9.59 Å². The number of rotatable bonds is 4. The summed E-state index contributed by atoms with van der Waals surface area (Å²) in [5.41, 5.74) is 2.11. The Balaban J connectivity index is 1.20. The van der Waals surface area contributed by atoms with Crippen LogP contribution in [0.3, 0.4) is 0 Å². The van der Waals surface area contributed by atoms with Gasteiger partial charge in [-0.05, 0) is 64.2 Å². The first-order chi connectivity index (χ1) is 16.9. The van der Waals surface area contributed by atoms with E-state index >= 15 is 0 Å². The van der Waals surface area contributed by atoms with Gasteiger partial charge in [-0.1, -0.05) is 6.07 Å². The van der Waals surface area contributed by atoms with Crippen LogP contribution in [0.25, 0.3) is 10.2 Å². The van der Waals surface area contributed by atoms with E-state index in [0.717, 1.165) is 67.0 Å². The van der Waals surface area contributed by atoms with Gasteiger partial charge in [0.1, 0.15) is 22.8 Å². The van der Waals surface area contributed by atoms with Crippen molar-refractivity contribution in [2.45, 2.75) is 46.5 Å². The molecule has 0 bridgehead atoms. The topological polar surface area (TPSA) is 91.3 Å². The van der Waals surface area contributed by atoms with Gasteiger partial charge in [0.25, 0.3) is 0 Å². The maximum absolute atomic E-state index is 13.4. The van der Waals surface area contributed by atoms with E-state index in [1.54, 1.807) is 23.7 Å². The van der Waals surface area contributed by atoms with Gasteiger partial charge in [-0.15, -0.1) is 11.3 Å². The highest BCUT2D eigenvalue weighted by atomic mass is 32.1. The molecule has 5 heterocycles. The van der Waals surface area contributed by atoms with Gasteiger partial charge in [-0.2, -0.15) is 0 Å². The molecule has 2 aliphatic rings. The van der Waals surface area contributed by atoms with E-state index in [-0.39, 0.29) is 23.7 Å². The molecule has 0 saturated carbocycles. The van der Waals surface area contributed by atoms with Crippen LogP contribution in [0.2, 0.25) is 0 Å². The fraction of sp³-hybridized carbons (Fsp3) is 0.500. The first-order valence-corrected chi connectivity index (χ1v) is 13.2. The van der Waals surface area contributed by atoms with Crippen LogP contribution in [0.5, 0.6) is 0 Å². The predicted molar refractivity (Wildman–Crippen MR) is 139 cm³/mol. The molecule has 0 radical (unpaired) electrons. The molecular weight excluding hydrogens is 460 g/mol. The number of amides is 2. The van der Waals surface area contributed by atoms with Gasteiger partial charge < -0.3 is 15.1 Å². The maximum Gasteiger partial charge on any atom is 0.230 e. The second-order valence-corrected chi connectivity index (χ2v) is 10.9. The number of fused-ring (bicyclic) bond motifs is 1. The summed E-state index contributed by atoms with van der Waals surface area (Å²) >= 11 is 1.71. The lowest BCUT2D eigenvalue weighted by atomic mass is 9.91. The Morgan fingerprint density at radius 1 is 1.03 bits per heavy atom. The number of nitrogens with zero attached hydrogens (tertiary/aromatic N) is 5. The minimum atomic E-state index is -0.200. The van der Waals surface area contributed by atoms with Crippen molar-refractivity contribution in [3.05, 3.63) is 40.7 Å². The van der Waals surface area contributed by atoms with Crippen molar-refractivity contribution in [1.29, 1.82) is 0 Å². The Morgan fingerprint density at radius 3 is 2.60 bits per heavy atom. The number of hydrogen-bond donors (Lipinski definition) is 1. The molecule has 1 atom stereocenters. The smallest absolute Gasteiger partial charge is 0.230 e. The monoisotopic (exact) mass is 492 g/mol. The highest BCUT2D eigenvalue weighted by molar-refractivity contribution is 7.18. The third-order valence-corrected chi connectivity index (χ3v) is 8.45. The number of carbonyl (C=O) groups excluding carboxylic acids is 2. The van der Waals surface area contributed by atoms with Crippen molar-refractivity contribution in [3.8, 4) is 0 Å². The van der Waals surface area contributed by atoms with Gasteiger partial charge in [0.05, 0.1) is 11.3 Å². The number of thiophene rings is 1. The first kappa shape index (κ1) is 23.7. The van der Waals surface area contributed by atoms with Crippen molar-refractivity contribution in [3.63, 3.8) is 0 Å². The van der Waals surface area contributed by atoms with E-state index in [4.69, 9.17) is 0 Å². The van der Waals surface area contributed by atoms with Crippen LogP contribution in [0.1, 0.15) is 41.8 Å². The number of likely N-dealkylation sites (tertiary alicyclic amines) is 1. The standard InChI is InChI=1S/C26H32N6O2S/c1-16-6-4-8-21(29-16)30-24(33)20-7-5-11-32(14-20)26(34)19-9-12-31(13-10-19)23-22-17(2)18(3)35-25(22)28-15-27-23/h4,6,8,15,19-20H,5,7,9-14H2,1-3H3,(H,29,30,33). The van der Waals surface area contributed by atoms with E-state index < -0.39 is 0 Å². The van der Waals surface area contributed by atoms with E-state index in [2.05, 4.69) is 39.0 Å². The number of pyridine rings is 1. The van der Waals surface area contributed by atoms with E-state index in [1.165, 1.54) is 10.4 Å². The second-order valence-electron chi connectivity index (χ2n) is 9.70. The van der Waals surface area contributed by atoms with Crippen LogP contribution >= 0.6 is 11.3 Å². The first-order valence-electron chi connectivity index (χ1n) is 12.4. The van der Waals surface area contributed by atoms with Crippen molar-refractivity contribution in [1.82, 2.24) is 19.9 Å².